The molecule has 5 atom stereocenters. The number of unbranched alkanes of at least 4 members (excludes halogenated alkanes) is 1. The first-order valence-electron chi connectivity index (χ1n) is 17.1. The number of benzene rings is 2. The lowest BCUT2D eigenvalue weighted by Gasteiger charge is -2.27. The van der Waals surface area contributed by atoms with Crippen molar-refractivity contribution in [1.29, 1.82) is 0 Å². The number of phenolic OH excluding ortho intramolecular Hbond substituents is 1. The predicted octanol–water partition coefficient (Wildman–Crippen LogP) is -0.536. The highest BCUT2D eigenvalue weighted by molar-refractivity contribution is 7.98. The summed E-state index contributed by atoms with van der Waals surface area (Å²) in [6, 6.07) is 9.31. The maximum atomic E-state index is 13.9. The molecule has 0 aromatic heterocycles. The average Bonchev–Trinajstić information content (AvgIpc) is 3.11. The number of hydrogen-bond acceptors (Lipinski definition) is 10. The Morgan fingerprint density at radius 2 is 1.23 bits per heavy atom. The third kappa shape index (κ3) is 16.4. The smallest absolute Gasteiger partial charge is 0.326 e. The Labute approximate surface area is 308 Å². The molecule has 286 valence electrons. The number of rotatable bonds is 24. The van der Waals surface area contributed by atoms with Crippen LogP contribution in [0.25, 0.3) is 0 Å². The van der Waals surface area contributed by atoms with Crippen LogP contribution in [0.1, 0.15) is 49.7 Å². The highest BCUT2D eigenvalue weighted by Crippen LogP contribution is 2.13. The quantitative estimate of drug-likeness (QED) is 0.0369. The lowest BCUT2D eigenvalue weighted by atomic mass is 10.0. The van der Waals surface area contributed by atoms with E-state index in [0.29, 0.717) is 42.7 Å². The van der Waals surface area contributed by atoms with Gasteiger partial charge in [0.25, 0.3) is 0 Å². The number of nitrogens with zero attached hydrogens (tertiary/aromatic N) is 1. The lowest BCUT2D eigenvalue weighted by molar-refractivity contribution is -0.142. The second kappa shape index (κ2) is 23.6. The summed E-state index contributed by atoms with van der Waals surface area (Å²) in [5.41, 5.74) is 23.8. The predicted molar refractivity (Wildman–Crippen MR) is 201 cm³/mol. The fourth-order valence-corrected chi connectivity index (χ4v) is 5.62. The highest BCUT2D eigenvalue weighted by Gasteiger charge is 2.32. The molecule has 4 amide bonds. The van der Waals surface area contributed by atoms with Gasteiger partial charge in [-0.1, -0.05) is 42.5 Å². The van der Waals surface area contributed by atoms with Crippen LogP contribution in [0.4, 0.5) is 0 Å². The number of carboxylic acid groups (broad SMARTS) is 1. The Morgan fingerprint density at radius 3 is 1.79 bits per heavy atom. The Balaban J connectivity index is 2.34. The van der Waals surface area contributed by atoms with Crippen molar-refractivity contribution in [1.82, 2.24) is 21.3 Å². The minimum absolute atomic E-state index is 0.0235. The number of aromatic hydroxyl groups is 1. The number of aliphatic carboxylic acids is 1. The van der Waals surface area contributed by atoms with Crippen LogP contribution in [-0.4, -0.2) is 101 Å². The number of amides is 4. The van der Waals surface area contributed by atoms with E-state index in [4.69, 9.17) is 22.9 Å². The van der Waals surface area contributed by atoms with Crippen LogP contribution in [0.15, 0.2) is 59.6 Å². The maximum absolute atomic E-state index is 13.9. The summed E-state index contributed by atoms with van der Waals surface area (Å²) >= 11 is 1.53. The van der Waals surface area contributed by atoms with E-state index in [9.17, 15) is 34.2 Å². The maximum Gasteiger partial charge on any atom is 0.326 e. The van der Waals surface area contributed by atoms with Crippen molar-refractivity contribution in [2.45, 2.75) is 81.6 Å². The average molecular weight is 744 g/mol. The van der Waals surface area contributed by atoms with Gasteiger partial charge in [-0.2, -0.15) is 11.8 Å². The molecule has 2 aromatic carbocycles. The van der Waals surface area contributed by atoms with Gasteiger partial charge in [-0.3, -0.25) is 24.2 Å². The molecule has 17 heteroatoms. The second-order valence-electron chi connectivity index (χ2n) is 12.3. The molecule has 0 unspecified atom stereocenters. The standard InChI is InChI=1S/C35H53N9O7S/c1-52-19-16-25(37)30(46)43-28(21-23-12-14-24(45)15-13-23)32(48)41-26(10-5-6-17-36)31(47)44-29(20-22-8-3-2-4-9-22)33(49)42-27(34(50)51)11-7-18-40-35(38)39/h2-4,8-9,12-15,25-29,45H,5-7,10-11,16-21,36-37H2,1H3,(H,41,48)(H,42,49)(H,43,46)(H,44,47)(H,50,51)(H4,38,39,40)/t25-,26-,27-,28-,29-/m0/s1. The molecule has 0 fully saturated rings. The molecule has 0 saturated carbocycles. The zero-order valence-electron chi connectivity index (χ0n) is 29.5. The normalized spacial score (nSPS) is 13.8. The van der Waals surface area contributed by atoms with E-state index in [1.807, 2.05) is 6.26 Å². The van der Waals surface area contributed by atoms with Gasteiger partial charge in [-0.05, 0) is 80.3 Å². The number of nitrogens with one attached hydrogen (secondary N) is 4. The van der Waals surface area contributed by atoms with Crippen LogP contribution in [0.2, 0.25) is 0 Å². The highest BCUT2D eigenvalue weighted by atomic mass is 32.2. The third-order valence-electron chi connectivity index (χ3n) is 8.03. The summed E-state index contributed by atoms with van der Waals surface area (Å²) in [5, 5.41) is 30.2. The molecule has 0 radical (unpaired) electrons. The first-order valence-corrected chi connectivity index (χ1v) is 18.5. The van der Waals surface area contributed by atoms with Crippen molar-refractivity contribution < 1.29 is 34.2 Å². The summed E-state index contributed by atoms with van der Waals surface area (Å²) in [6.45, 7) is 0.503. The van der Waals surface area contributed by atoms with Gasteiger partial charge in [0.2, 0.25) is 23.6 Å². The number of phenols is 1. The van der Waals surface area contributed by atoms with Crippen LogP contribution in [0.3, 0.4) is 0 Å². The van der Waals surface area contributed by atoms with Gasteiger partial charge in [0, 0.05) is 19.4 Å². The van der Waals surface area contributed by atoms with E-state index < -0.39 is 59.8 Å². The molecule has 0 heterocycles. The molecule has 2 aromatic rings. The topological polar surface area (TPSA) is 290 Å². The van der Waals surface area contributed by atoms with Crippen molar-refractivity contribution >= 4 is 47.3 Å². The number of carboxylic acids is 1. The van der Waals surface area contributed by atoms with E-state index in [0.717, 1.165) is 0 Å². The molecular weight excluding hydrogens is 691 g/mol. The minimum Gasteiger partial charge on any atom is -0.508 e. The van der Waals surface area contributed by atoms with E-state index in [2.05, 4.69) is 26.3 Å². The second-order valence-corrected chi connectivity index (χ2v) is 13.3. The van der Waals surface area contributed by atoms with Crippen molar-refractivity contribution in [2.75, 3.05) is 25.1 Å². The SMILES string of the molecule is CSCC[C@H](N)C(=O)N[C@@H](Cc1ccc(O)cc1)C(=O)N[C@@H](CCCCN)C(=O)N[C@@H](Cc1ccccc1)C(=O)N[C@@H](CCCN=C(N)N)C(=O)O. The number of carbonyl (C=O) groups is 5. The van der Waals surface area contributed by atoms with Crippen LogP contribution in [0.5, 0.6) is 5.75 Å². The van der Waals surface area contributed by atoms with Crippen LogP contribution >= 0.6 is 11.8 Å². The fraction of sp³-hybridized carbons (Fsp3) is 0.486. The summed E-state index contributed by atoms with van der Waals surface area (Å²) in [4.78, 5) is 70.2. The van der Waals surface area contributed by atoms with Crippen molar-refractivity contribution in [3.63, 3.8) is 0 Å². The van der Waals surface area contributed by atoms with Gasteiger partial charge in [0.15, 0.2) is 5.96 Å². The van der Waals surface area contributed by atoms with E-state index in [1.54, 1.807) is 42.5 Å². The van der Waals surface area contributed by atoms with Crippen LogP contribution in [-0.2, 0) is 36.8 Å². The van der Waals surface area contributed by atoms with E-state index in [1.165, 1.54) is 23.9 Å². The Bertz CT molecular complexity index is 1460. The number of carbonyl (C=O) groups excluding carboxylic acids is 4. The monoisotopic (exact) mass is 743 g/mol. The third-order valence-corrected chi connectivity index (χ3v) is 8.68. The molecule has 14 N–H and O–H groups in total. The summed E-state index contributed by atoms with van der Waals surface area (Å²) < 4.78 is 0. The first-order chi connectivity index (χ1) is 24.8. The molecule has 0 spiro atoms. The van der Waals surface area contributed by atoms with Gasteiger partial charge in [0.05, 0.1) is 6.04 Å². The molecule has 0 saturated heterocycles. The number of hydrogen-bond donors (Lipinski definition) is 10. The first kappa shape index (κ1) is 43.3. The number of aliphatic imine (C=N–C) groups is 1. The van der Waals surface area contributed by atoms with E-state index >= 15 is 0 Å². The zero-order chi connectivity index (χ0) is 38.5. The minimum atomic E-state index is -1.29. The molecule has 0 aliphatic rings. The van der Waals surface area contributed by atoms with Crippen molar-refractivity contribution in [2.24, 2.45) is 27.9 Å². The Morgan fingerprint density at radius 1 is 0.712 bits per heavy atom. The Kier molecular flexibility index (Phi) is 19.6. The lowest BCUT2D eigenvalue weighted by Crippen LogP contribution is -2.59. The molecule has 0 aliphatic heterocycles. The van der Waals surface area contributed by atoms with Crippen molar-refractivity contribution in [3.8, 4) is 5.75 Å². The molecule has 2 rings (SSSR count). The molecular formula is C35H53N9O7S. The van der Waals surface area contributed by atoms with Crippen molar-refractivity contribution in [3.05, 3.63) is 65.7 Å². The van der Waals surface area contributed by atoms with Gasteiger partial charge in [0.1, 0.15) is 29.9 Å². The largest absolute Gasteiger partial charge is 0.508 e. The summed E-state index contributed by atoms with van der Waals surface area (Å²) in [6.07, 6.45) is 3.78. The fourth-order valence-electron chi connectivity index (χ4n) is 5.13. The number of guanidine groups is 1. The molecule has 16 nitrogen and oxygen atoms in total. The molecule has 52 heavy (non-hydrogen) atoms. The van der Waals surface area contributed by atoms with Gasteiger partial charge < -0.3 is 54.4 Å². The number of nitrogens with two attached hydrogens (primary N) is 4. The number of thioether (sulfide) groups is 1. The summed E-state index contributed by atoms with van der Waals surface area (Å²) in [5.74, 6) is -3.38. The van der Waals surface area contributed by atoms with Crippen LogP contribution < -0.4 is 44.2 Å². The van der Waals surface area contributed by atoms with E-state index in [-0.39, 0.29) is 50.4 Å². The molecule has 0 aliphatic carbocycles. The molecule has 0 bridgehead atoms. The zero-order valence-corrected chi connectivity index (χ0v) is 30.3. The van der Waals surface area contributed by atoms with Gasteiger partial charge in [-0.15, -0.1) is 0 Å². The van der Waals surface area contributed by atoms with Gasteiger partial charge in [-0.25, -0.2) is 4.79 Å². The Hall–Kier alpha value is -4.87. The van der Waals surface area contributed by atoms with Crippen LogP contribution in [0, 0.1) is 0 Å². The van der Waals surface area contributed by atoms with Gasteiger partial charge >= 0.3 is 5.97 Å². The summed E-state index contributed by atoms with van der Waals surface area (Å²) in [7, 11) is 0.